The average molecular weight is 461 g/mol. The molecule has 3 aliphatic heterocycles. The van der Waals surface area contributed by atoms with Gasteiger partial charge in [0.1, 0.15) is 0 Å². The fourth-order valence-electron chi connectivity index (χ4n) is 6.18. The maximum Gasteiger partial charge on any atom is 0.250 e. The number of carbonyl (C=O) groups excluding carboxylic acids is 1. The zero-order chi connectivity index (χ0) is 23.1. The van der Waals surface area contributed by atoms with Crippen molar-refractivity contribution in [3.05, 3.63) is 70.3 Å². The van der Waals surface area contributed by atoms with E-state index in [1.54, 1.807) is 6.07 Å². The first-order valence-corrected chi connectivity index (χ1v) is 12.5. The third-order valence-corrected chi connectivity index (χ3v) is 7.75. The molecular formula is C27H32N4O3. The highest BCUT2D eigenvalue weighted by Gasteiger charge is 2.34. The highest BCUT2D eigenvalue weighted by molar-refractivity contribution is 5.85. The number of nitrogens with zero attached hydrogens (tertiary/aromatic N) is 4. The summed E-state index contributed by atoms with van der Waals surface area (Å²) in [5, 5.41) is 1.24. The van der Waals surface area contributed by atoms with Crippen LogP contribution in [0.25, 0.3) is 10.9 Å². The van der Waals surface area contributed by atoms with Crippen LogP contribution >= 0.6 is 0 Å². The fourth-order valence-corrected chi connectivity index (χ4v) is 6.18. The van der Waals surface area contributed by atoms with E-state index < -0.39 is 0 Å². The summed E-state index contributed by atoms with van der Waals surface area (Å²) in [5.74, 6) is 1.14. The number of amides is 1. The van der Waals surface area contributed by atoms with Crippen molar-refractivity contribution in [2.45, 2.75) is 38.4 Å². The molecule has 0 unspecified atom stereocenters. The fraction of sp³-hybridized carbons (Fsp3) is 0.481. The minimum absolute atomic E-state index is 0.133. The van der Waals surface area contributed by atoms with Crippen LogP contribution in [-0.4, -0.2) is 64.2 Å². The number of carbonyl (C=O) groups is 1. The number of hydrogen-bond donors (Lipinski definition) is 0. The molecule has 3 aliphatic rings. The molecule has 6 rings (SSSR count). The third kappa shape index (κ3) is 4.07. The number of ether oxygens (including phenoxy) is 1. The molecule has 0 aliphatic carbocycles. The highest BCUT2D eigenvalue weighted by atomic mass is 16.5. The van der Waals surface area contributed by atoms with Gasteiger partial charge in [-0.25, -0.2) is 0 Å². The number of morpholine rings is 1. The van der Waals surface area contributed by atoms with E-state index in [9.17, 15) is 9.59 Å². The predicted molar refractivity (Wildman–Crippen MR) is 131 cm³/mol. The van der Waals surface area contributed by atoms with Gasteiger partial charge in [-0.15, -0.1) is 0 Å². The predicted octanol–water partition coefficient (Wildman–Crippen LogP) is 2.67. The van der Waals surface area contributed by atoms with Crippen molar-refractivity contribution in [3.8, 4) is 0 Å². The van der Waals surface area contributed by atoms with Crippen LogP contribution in [0.5, 0.6) is 0 Å². The van der Waals surface area contributed by atoms with Crippen LogP contribution in [0.1, 0.15) is 30.0 Å². The van der Waals surface area contributed by atoms with E-state index in [0.717, 1.165) is 32.7 Å². The number of piperidine rings is 1. The molecule has 1 amide bonds. The van der Waals surface area contributed by atoms with Crippen LogP contribution < -0.4 is 5.56 Å². The minimum atomic E-state index is 0.133. The topological polar surface area (TPSA) is 59.7 Å². The van der Waals surface area contributed by atoms with E-state index >= 15 is 0 Å². The summed E-state index contributed by atoms with van der Waals surface area (Å²) in [6.45, 7) is 6.32. The maximum atomic E-state index is 12.7. The molecule has 0 N–H and O–H groups in total. The molecule has 1 aromatic carbocycles. The molecule has 2 saturated heterocycles. The van der Waals surface area contributed by atoms with E-state index in [1.165, 1.54) is 28.6 Å². The van der Waals surface area contributed by atoms with Gasteiger partial charge in [0.25, 0.3) is 5.56 Å². The van der Waals surface area contributed by atoms with Gasteiger partial charge < -0.3 is 18.8 Å². The van der Waals surface area contributed by atoms with Crippen molar-refractivity contribution in [3.63, 3.8) is 0 Å². The second-order valence-electron chi connectivity index (χ2n) is 10.0. The smallest absolute Gasteiger partial charge is 0.250 e. The lowest BCUT2D eigenvalue weighted by atomic mass is 9.83. The molecule has 2 atom stereocenters. The van der Waals surface area contributed by atoms with Gasteiger partial charge in [0.15, 0.2) is 0 Å². The van der Waals surface area contributed by atoms with Gasteiger partial charge >= 0.3 is 0 Å². The van der Waals surface area contributed by atoms with Crippen LogP contribution in [0.2, 0.25) is 0 Å². The lowest BCUT2D eigenvalue weighted by Gasteiger charge is -2.42. The Kier molecular flexibility index (Phi) is 5.75. The zero-order valence-corrected chi connectivity index (χ0v) is 19.6. The zero-order valence-electron chi connectivity index (χ0n) is 19.6. The SMILES string of the molecule is O=C(CCc1cn(CN2C[C@@H]3C[C@@H](C2)c2cccc(=O)n2C3)c2ccccc12)N1CCOCC1. The van der Waals surface area contributed by atoms with E-state index in [2.05, 4.69) is 46.0 Å². The van der Waals surface area contributed by atoms with Crippen molar-refractivity contribution in [2.24, 2.45) is 5.92 Å². The summed E-state index contributed by atoms with van der Waals surface area (Å²) in [6, 6.07) is 14.2. The summed E-state index contributed by atoms with van der Waals surface area (Å²) in [4.78, 5) is 29.5. The lowest BCUT2D eigenvalue weighted by molar-refractivity contribution is -0.135. The maximum absolute atomic E-state index is 12.7. The Morgan fingerprint density at radius 3 is 2.74 bits per heavy atom. The normalized spacial score (nSPS) is 22.6. The van der Waals surface area contributed by atoms with Gasteiger partial charge in [0.2, 0.25) is 5.91 Å². The highest BCUT2D eigenvalue weighted by Crippen LogP contribution is 2.35. The van der Waals surface area contributed by atoms with Gasteiger partial charge in [0, 0.05) is 73.9 Å². The molecule has 2 bridgehead atoms. The van der Waals surface area contributed by atoms with E-state index in [4.69, 9.17) is 4.74 Å². The van der Waals surface area contributed by atoms with Crippen LogP contribution in [0.3, 0.4) is 0 Å². The Morgan fingerprint density at radius 2 is 1.85 bits per heavy atom. The van der Waals surface area contributed by atoms with Crippen LogP contribution in [0.15, 0.2) is 53.5 Å². The molecule has 7 nitrogen and oxygen atoms in total. The number of benzene rings is 1. The molecule has 0 radical (unpaired) electrons. The first-order chi connectivity index (χ1) is 16.7. The molecule has 5 heterocycles. The molecule has 0 saturated carbocycles. The van der Waals surface area contributed by atoms with Crippen molar-refractivity contribution in [1.29, 1.82) is 0 Å². The molecule has 7 heteroatoms. The third-order valence-electron chi connectivity index (χ3n) is 7.75. The lowest BCUT2D eigenvalue weighted by Crippen LogP contribution is -2.47. The Labute approximate surface area is 199 Å². The number of aryl methyl sites for hydroxylation is 1. The van der Waals surface area contributed by atoms with Gasteiger partial charge in [-0.3, -0.25) is 14.5 Å². The summed E-state index contributed by atoms with van der Waals surface area (Å²) < 4.78 is 9.72. The van der Waals surface area contributed by atoms with E-state index in [0.29, 0.717) is 44.6 Å². The van der Waals surface area contributed by atoms with Crippen LogP contribution in [0, 0.1) is 5.92 Å². The summed E-state index contributed by atoms with van der Waals surface area (Å²) in [7, 11) is 0. The number of para-hydroxylation sites is 1. The van der Waals surface area contributed by atoms with Gasteiger partial charge in [-0.05, 0) is 36.5 Å². The molecule has 0 spiro atoms. The Morgan fingerprint density at radius 1 is 1.00 bits per heavy atom. The number of likely N-dealkylation sites (tertiary alicyclic amines) is 1. The standard InChI is InChI=1S/C27H32N4O3/c32-26(29-10-12-34-13-11-29)9-8-21-18-30(25-5-2-1-4-23(21)25)19-28-15-20-14-22(17-28)24-6-3-7-27(33)31(24)16-20/h1-7,18,20,22H,8-17,19H2/t20-,22-/m0/s1. The summed E-state index contributed by atoms with van der Waals surface area (Å²) in [5.41, 5.74) is 3.79. The van der Waals surface area contributed by atoms with Crippen molar-refractivity contribution >= 4 is 16.8 Å². The van der Waals surface area contributed by atoms with Gasteiger partial charge in [-0.1, -0.05) is 24.3 Å². The van der Waals surface area contributed by atoms with Gasteiger partial charge in [-0.2, -0.15) is 0 Å². The number of hydrogen-bond acceptors (Lipinski definition) is 4. The Hall–Kier alpha value is -2.90. The number of rotatable bonds is 5. The second kappa shape index (κ2) is 9.04. The van der Waals surface area contributed by atoms with Crippen molar-refractivity contribution in [2.75, 3.05) is 39.4 Å². The van der Waals surface area contributed by atoms with Gasteiger partial charge in [0.05, 0.1) is 19.9 Å². The quantitative estimate of drug-likeness (QED) is 0.588. The first-order valence-electron chi connectivity index (χ1n) is 12.5. The molecule has 2 fully saturated rings. The number of aromatic nitrogens is 2. The summed E-state index contributed by atoms with van der Waals surface area (Å²) in [6.07, 6.45) is 4.71. The number of pyridine rings is 1. The second-order valence-corrected chi connectivity index (χ2v) is 10.0. The monoisotopic (exact) mass is 460 g/mol. The first kappa shape index (κ1) is 21.6. The minimum Gasteiger partial charge on any atom is -0.378 e. The van der Waals surface area contributed by atoms with E-state index in [-0.39, 0.29) is 11.5 Å². The largest absolute Gasteiger partial charge is 0.378 e. The molecule has 34 heavy (non-hydrogen) atoms. The van der Waals surface area contributed by atoms with Crippen molar-refractivity contribution < 1.29 is 9.53 Å². The summed E-state index contributed by atoms with van der Waals surface area (Å²) >= 11 is 0. The number of fused-ring (bicyclic) bond motifs is 5. The molecule has 2 aromatic heterocycles. The Bertz CT molecular complexity index is 1260. The van der Waals surface area contributed by atoms with Crippen LogP contribution in [-0.2, 0) is 29.2 Å². The van der Waals surface area contributed by atoms with E-state index in [1.807, 2.05) is 15.5 Å². The molecule has 3 aromatic rings. The van der Waals surface area contributed by atoms with Crippen molar-refractivity contribution in [1.82, 2.24) is 18.9 Å². The average Bonchev–Trinajstić information content (AvgIpc) is 3.21. The molecule has 178 valence electrons. The Balaban J connectivity index is 1.19. The molecular weight excluding hydrogens is 428 g/mol. The van der Waals surface area contributed by atoms with Crippen LogP contribution in [0.4, 0.5) is 0 Å².